The van der Waals surface area contributed by atoms with Crippen LogP contribution in [0.25, 0.3) is 0 Å². The van der Waals surface area contributed by atoms with E-state index in [2.05, 4.69) is 55.3 Å². The Morgan fingerprint density at radius 3 is 2.84 bits per heavy atom. The molecule has 0 amide bonds. The normalized spacial score (nSPS) is 14.3. The number of aromatic nitrogens is 2. The first-order valence-corrected chi connectivity index (χ1v) is 8.18. The summed E-state index contributed by atoms with van der Waals surface area (Å²) in [6.07, 6.45) is 3.07. The number of fused-ring (bicyclic) bond motifs is 1. The molecule has 0 radical (unpaired) electrons. The van der Waals surface area contributed by atoms with Crippen LogP contribution in [0.5, 0.6) is 0 Å². The smallest absolute Gasteiger partial charge is 0.151 e. The fourth-order valence-electron chi connectivity index (χ4n) is 2.33. The number of halogens is 1. The molecule has 2 aromatic rings. The Hall–Kier alpha value is -1.07. The molecule has 0 spiro atoms. The van der Waals surface area contributed by atoms with Crippen LogP contribution >= 0.6 is 27.7 Å². The Bertz CT molecular complexity index is 586. The third kappa shape index (κ3) is 2.62. The maximum Gasteiger partial charge on any atom is 0.151 e. The molecule has 19 heavy (non-hydrogen) atoms. The summed E-state index contributed by atoms with van der Waals surface area (Å²) in [5.41, 5.74) is 2.80. The van der Waals surface area contributed by atoms with E-state index in [9.17, 15) is 0 Å². The molecule has 0 fully saturated rings. The first-order chi connectivity index (χ1) is 9.28. The van der Waals surface area contributed by atoms with Crippen LogP contribution in [0.4, 0.5) is 5.82 Å². The second kappa shape index (κ2) is 5.51. The van der Waals surface area contributed by atoms with E-state index < -0.39 is 0 Å². The largest absolute Gasteiger partial charge is 0.350 e. The molecular formula is C14H14BrN3S. The van der Waals surface area contributed by atoms with Crippen molar-refractivity contribution in [3.8, 4) is 0 Å². The fraction of sp³-hybridized carbons (Fsp3) is 0.286. The van der Waals surface area contributed by atoms with Gasteiger partial charge in [0.25, 0.3) is 0 Å². The van der Waals surface area contributed by atoms with E-state index >= 15 is 0 Å². The van der Waals surface area contributed by atoms with Crippen molar-refractivity contribution in [1.29, 1.82) is 0 Å². The van der Waals surface area contributed by atoms with Crippen LogP contribution in [0.2, 0.25) is 0 Å². The van der Waals surface area contributed by atoms with Gasteiger partial charge in [0.15, 0.2) is 5.82 Å². The van der Waals surface area contributed by atoms with Crippen molar-refractivity contribution < 1.29 is 0 Å². The molecule has 0 bridgehead atoms. The molecule has 0 saturated carbocycles. The summed E-state index contributed by atoms with van der Waals surface area (Å²) in [6, 6.07) is 10.5. The van der Waals surface area contributed by atoms with Gasteiger partial charge in [-0.1, -0.05) is 28.1 Å². The van der Waals surface area contributed by atoms with E-state index in [1.54, 1.807) is 11.8 Å². The van der Waals surface area contributed by atoms with Gasteiger partial charge in [0.1, 0.15) is 5.03 Å². The maximum absolute atomic E-state index is 4.32. The number of rotatable bonds is 2. The zero-order chi connectivity index (χ0) is 13.2. The van der Waals surface area contributed by atoms with E-state index in [1.165, 1.54) is 15.6 Å². The van der Waals surface area contributed by atoms with E-state index in [0.717, 1.165) is 30.4 Å². The Morgan fingerprint density at radius 1 is 1.21 bits per heavy atom. The van der Waals surface area contributed by atoms with Gasteiger partial charge in [-0.2, -0.15) is 0 Å². The molecule has 0 N–H and O–H groups in total. The molecule has 1 aromatic carbocycles. The van der Waals surface area contributed by atoms with Crippen molar-refractivity contribution in [2.24, 2.45) is 0 Å². The van der Waals surface area contributed by atoms with Crippen LogP contribution in [0.3, 0.4) is 0 Å². The molecule has 0 atom stereocenters. The molecule has 98 valence electrons. The van der Waals surface area contributed by atoms with Crippen LogP contribution in [0.15, 0.2) is 39.8 Å². The van der Waals surface area contributed by atoms with E-state index in [-0.39, 0.29) is 0 Å². The number of anilines is 1. The van der Waals surface area contributed by atoms with Crippen LogP contribution in [-0.4, -0.2) is 23.0 Å². The summed E-state index contributed by atoms with van der Waals surface area (Å²) in [7, 11) is 0. The lowest BCUT2D eigenvalue weighted by Crippen LogP contribution is -2.31. The van der Waals surface area contributed by atoms with Gasteiger partial charge >= 0.3 is 0 Å². The van der Waals surface area contributed by atoms with Gasteiger partial charge in [0.2, 0.25) is 0 Å². The number of hydrogen-bond acceptors (Lipinski definition) is 4. The number of thioether (sulfide) groups is 1. The van der Waals surface area contributed by atoms with E-state index in [1.807, 2.05) is 12.3 Å². The average molecular weight is 336 g/mol. The maximum atomic E-state index is 4.32. The molecular weight excluding hydrogens is 322 g/mol. The quantitative estimate of drug-likeness (QED) is 0.785. The second-order valence-corrected chi connectivity index (χ2v) is 6.16. The zero-order valence-electron chi connectivity index (χ0n) is 10.6. The zero-order valence-corrected chi connectivity index (χ0v) is 13.0. The van der Waals surface area contributed by atoms with Gasteiger partial charge in [-0.25, -0.2) is 0 Å². The summed E-state index contributed by atoms with van der Waals surface area (Å²) in [5.74, 6) is 0.958. The minimum absolute atomic E-state index is 0.893. The summed E-state index contributed by atoms with van der Waals surface area (Å²) in [4.78, 5) is 2.28. The molecule has 1 aromatic heterocycles. The van der Waals surface area contributed by atoms with Crippen LogP contribution < -0.4 is 4.90 Å². The topological polar surface area (TPSA) is 29.0 Å². The molecule has 0 unspecified atom stereocenters. The Labute approximate surface area is 125 Å². The van der Waals surface area contributed by atoms with Crippen LogP contribution in [0, 0.1) is 0 Å². The third-order valence-corrected chi connectivity index (χ3v) is 4.75. The predicted molar refractivity (Wildman–Crippen MR) is 82.7 cm³/mol. The lowest BCUT2D eigenvalue weighted by atomic mass is 10.00. The minimum atomic E-state index is 0.893. The molecule has 0 aliphatic carbocycles. The van der Waals surface area contributed by atoms with Crippen molar-refractivity contribution in [2.45, 2.75) is 18.0 Å². The van der Waals surface area contributed by atoms with Crippen molar-refractivity contribution in [3.05, 3.63) is 45.9 Å². The average Bonchev–Trinajstić information content (AvgIpc) is 2.47. The van der Waals surface area contributed by atoms with Crippen LogP contribution in [0.1, 0.15) is 11.1 Å². The standard InChI is InChI=1S/C14H14BrN3S/c1-19-14-6-5-13(16-17-14)18-8-7-10-3-2-4-12(15)11(10)9-18/h2-6H,7-9H2,1H3. The van der Waals surface area contributed by atoms with Gasteiger partial charge in [0.05, 0.1) is 0 Å². The number of hydrogen-bond donors (Lipinski definition) is 0. The van der Waals surface area contributed by atoms with Gasteiger partial charge in [-0.3, -0.25) is 0 Å². The molecule has 5 heteroatoms. The summed E-state index contributed by atoms with van der Waals surface area (Å²) in [6.45, 7) is 1.89. The molecule has 3 nitrogen and oxygen atoms in total. The highest BCUT2D eigenvalue weighted by Gasteiger charge is 2.19. The molecule has 2 heterocycles. The number of benzene rings is 1. The van der Waals surface area contributed by atoms with Crippen LogP contribution in [-0.2, 0) is 13.0 Å². The molecule has 0 saturated heterocycles. The SMILES string of the molecule is CSc1ccc(N2CCc3cccc(Br)c3C2)nn1. The van der Waals surface area contributed by atoms with Crippen molar-refractivity contribution in [1.82, 2.24) is 10.2 Å². The summed E-state index contributed by atoms with van der Waals surface area (Å²) >= 11 is 5.25. The summed E-state index contributed by atoms with van der Waals surface area (Å²) < 4.78 is 1.18. The molecule has 1 aliphatic heterocycles. The predicted octanol–water partition coefficient (Wildman–Crippen LogP) is 3.52. The van der Waals surface area contributed by atoms with Gasteiger partial charge < -0.3 is 4.90 Å². The fourth-order valence-corrected chi connectivity index (χ4v) is 3.19. The van der Waals surface area contributed by atoms with Crippen molar-refractivity contribution in [3.63, 3.8) is 0 Å². The lowest BCUT2D eigenvalue weighted by Gasteiger charge is -2.30. The Kier molecular flexibility index (Phi) is 3.75. The van der Waals surface area contributed by atoms with Gasteiger partial charge in [-0.05, 0) is 42.0 Å². The first kappa shape index (κ1) is 12.9. The highest BCUT2D eigenvalue weighted by Crippen LogP contribution is 2.28. The third-order valence-electron chi connectivity index (χ3n) is 3.38. The molecule has 3 rings (SSSR count). The second-order valence-electron chi connectivity index (χ2n) is 4.48. The number of nitrogens with zero attached hydrogens (tertiary/aromatic N) is 3. The van der Waals surface area contributed by atoms with Gasteiger partial charge in [-0.15, -0.1) is 22.0 Å². The van der Waals surface area contributed by atoms with E-state index in [0.29, 0.717) is 0 Å². The first-order valence-electron chi connectivity index (χ1n) is 6.17. The minimum Gasteiger partial charge on any atom is -0.350 e. The monoisotopic (exact) mass is 335 g/mol. The highest BCUT2D eigenvalue weighted by atomic mass is 79.9. The van der Waals surface area contributed by atoms with Gasteiger partial charge in [0, 0.05) is 17.6 Å². The Balaban J connectivity index is 1.86. The van der Waals surface area contributed by atoms with Crippen molar-refractivity contribution in [2.75, 3.05) is 17.7 Å². The van der Waals surface area contributed by atoms with E-state index in [4.69, 9.17) is 0 Å². The molecule has 1 aliphatic rings. The lowest BCUT2D eigenvalue weighted by molar-refractivity contribution is 0.705. The Morgan fingerprint density at radius 2 is 2.11 bits per heavy atom. The highest BCUT2D eigenvalue weighted by molar-refractivity contribution is 9.10. The van der Waals surface area contributed by atoms with Crippen molar-refractivity contribution >= 4 is 33.5 Å². The summed E-state index contributed by atoms with van der Waals surface area (Å²) in [5, 5.41) is 9.49.